The molecule has 2 N–H and O–H groups in total. The van der Waals surface area contributed by atoms with Gasteiger partial charge in [-0.25, -0.2) is 0 Å². The minimum Gasteiger partial charge on any atom is -0.324 e. The molecule has 1 aromatic rings. The minimum absolute atomic E-state index is 0.0561. The van der Waals surface area contributed by atoms with Gasteiger partial charge < -0.3 is 5.73 Å². The molecule has 0 amide bonds. The lowest BCUT2D eigenvalue weighted by Gasteiger charge is -2.07. The van der Waals surface area contributed by atoms with Gasteiger partial charge in [0.05, 0.1) is 0 Å². The number of benzene rings is 1. The van der Waals surface area contributed by atoms with Gasteiger partial charge in [0, 0.05) is 14.6 Å². The van der Waals surface area contributed by atoms with E-state index in [1.165, 1.54) is 3.57 Å². The maximum Gasteiger partial charge on any atom is 0.0410 e. The molecular formula is C8H9ClIN. The molecule has 0 radical (unpaired) electrons. The van der Waals surface area contributed by atoms with Crippen LogP contribution in [0.15, 0.2) is 18.2 Å². The van der Waals surface area contributed by atoms with Crippen molar-refractivity contribution in [1.29, 1.82) is 0 Å². The zero-order valence-electron chi connectivity index (χ0n) is 6.14. The fraction of sp³-hybridized carbons (Fsp3) is 0.250. The average Bonchev–Trinajstić information content (AvgIpc) is 1.94. The Morgan fingerprint density at radius 3 is 2.64 bits per heavy atom. The molecule has 1 rings (SSSR count). The first kappa shape index (κ1) is 9.29. The number of nitrogens with two attached hydrogens (primary N) is 1. The smallest absolute Gasteiger partial charge is 0.0410 e. The van der Waals surface area contributed by atoms with Gasteiger partial charge >= 0.3 is 0 Å². The maximum absolute atomic E-state index is 5.80. The molecule has 1 nitrogen and oxygen atoms in total. The first-order valence-corrected chi connectivity index (χ1v) is 4.77. The first-order chi connectivity index (χ1) is 5.11. The van der Waals surface area contributed by atoms with E-state index in [1.807, 2.05) is 25.1 Å². The van der Waals surface area contributed by atoms with Crippen molar-refractivity contribution in [2.75, 3.05) is 0 Å². The fourth-order valence-corrected chi connectivity index (χ4v) is 1.87. The van der Waals surface area contributed by atoms with Crippen molar-refractivity contribution in [2.45, 2.75) is 13.0 Å². The molecule has 1 aromatic carbocycles. The second kappa shape index (κ2) is 3.74. The number of hydrogen-bond donors (Lipinski definition) is 1. The molecular weight excluding hydrogens is 272 g/mol. The highest BCUT2D eigenvalue weighted by molar-refractivity contribution is 14.1. The van der Waals surface area contributed by atoms with E-state index in [1.54, 1.807) is 0 Å². The lowest BCUT2D eigenvalue weighted by atomic mass is 10.1. The summed E-state index contributed by atoms with van der Waals surface area (Å²) >= 11 is 8.06. The van der Waals surface area contributed by atoms with E-state index in [4.69, 9.17) is 17.3 Å². The van der Waals surface area contributed by atoms with Gasteiger partial charge in [0.15, 0.2) is 0 Å². The van der Waals surface area contributed by atoms with Crippen LogP contribution < -0.4 is 5.73 Å². The summed E-state index contributed by atoms with van der Waals surface area (Å²) in [5.41, 5.74) is 6.83. The van der Waals surface area contributed by atoms with Crippen LogP contribution in [-0.2, 0) is 0 Å². The zero-order valence-corrected chi connectivity index (χ0v) is 9.06. The molecule has 0 heterocycles. The van der Waals surface area contributed by atoms with E-state index in [9.17, 15) is 0 Å². The van der Waals surface area contributed by atoms with E-state index in [2.05, 4.69) is 22.6 Å². The Balaban J connectivity index is 3.13. The van der Waals surface area contributed by atoms with Gasteiger partial charge in [-0.05, 0) is 53.3 Å². The van der Waals surface area contributed by atoms with Crippen LogP contribution >= 0.6 is 34.2 Å². The van der Waals surface area contributed by atoms with Crippen molar-refractivity contribution in [3.8, 4) is 0 Å². The van der Waals surface area contributed by atoms with Gasteiger partial charge in [-0.3, -0.25) is 0 Å². The molecule has 1 unspecified atom stereocenters. The third-order valence-corrected chi connectivity index (χ3v) is 2.67. The molecule has 0 aromatic heterocycles. The summed E-state index contributed by atoms with van der Waals surface area (Å²) in [5.74, 6) is 0. The summed E-state index contributed by atoms with van der Waals surface area (Å²) in [7, 11) is 0. The van der Waals surface area contributed by atoms with Crippen LogP contribution in [0.3, 0.4) is 0 Å². The van der Waals surface area contributed by atoms with Gasteiger partial charge in [0.25, 0.3) is 0 Å². The Morgan fingerprint density at radius 1 is 1.55 bits per heavy atom. The van der Waals surface area contributed by atoms with Crippen LogP contribution in [0, 0.1) is 3.57 Å². The standard InChI is InChI=1S/C8H9ClIN/c1-5(11)7-4-6(9)2-3-8(7)10/h2-5H,11H2,1H3. The van der Waals surface area contributed by atoms with E-state index in [-0.39, 0.29) is 6.04 Å². The summed E-state index contributed by atoms with van der Waals surface area (Å²) < 4.78 is 1.17. The highest BCUT2D eigenvalue weighted by Crippen LogP contribution is 2.21. The number of halogens is 2. The molecule has 0 aliphatic heterocycles. The third-order valence-electron chi connectivity index (χ3n) is 1.45. The summed E-state index contributed by atoms with van der Waals surface area (Å²) in [4.78, 5) is 0. The number of hydrogen-bond acceptors (Lipinski definition) is 1. The molecule has 0 saturated carbocycles. The van der Waals surface area contributed by atoms with E-state index < -0.39 is 0 Å². The molecule has 0 spiro atoms. The highest BCUT2D eigenvalue weighted by atomic mass is 127. The Labute approximate surface area is 85.1 Å². The molecule has 0 bridgehead atoms. The van der Waals surface area contributed by atoms with Crippen molar-refractivity contribution in [3.63, 3.8) is 0 Å². The van der Waals surface area contributed by atoms with E-state index in [0.29, 0.717) is 0 Å². The SMILES string of the molecule is CC(N)c1cc(Cl)ccc1I. The average molecular weight is 282 g/mol. The summed E-state index contributed by atoms with van der Waals surface area (Å²) in [5, 5.41) is 0.748. The monoisotopic (exact) mass is 281 g/mol. The molecule has 0 aliphatic rings. The Bertz CT molecular complexity index is 260. The molecule has 3 heteroatoms. The predicted molar refractivity (Wildman–Crippen MR) is 56.8 cm³/mol. The molecule has 0 fully saturated rings. The molecule has 0 saturated heterocycles. The normalized spacial score (nSPS) is 13.1. The van der Waals surface area contributed by atoms with Gasteiger partial charge in [-0.15, -0.1) is 0 Å². The van der Waals surface area contributed by atoms with Gasteiger partial charge in [0.1, 0.15) is 0 Å². The van der Waals surface area contributed by atoms with Gasteiger partial charge in [-0.2, -0.15) is 0 Å². The maximum atomic E-state index is 5.80. The predicted octanol–water partition coefficient (Wildman–Crippen LogP) is 2.96. The van der Waals surface area contributed by atoms with Crippen LogP contribution in [-0.4, -0.2) is 0 Å². The Hall–Kier alpha value is 0.200. The topological polar surface area (TPSA) is 26.0 Å². The second-order valence-electron chi connectivity index (χ2n) is 2.45. The van der Waals surface area contributed by atoms with Gasteiger partial charge in [-0.1, -0.05) is 11.6 Å². The second-order valence-corrected chi connectivity index (χ2v) is 4.05. The lowest BCUT2D eigenvalue weighted by Crippen LogP contribution is -2.06. The lowest BCUT2D eigenvalue weighted by molar-refractivity contribution is 0.813. The van der Waals surface area contributed by atoms with Crippen LogP contribution in [0.2, 0.25) is 5.02 Å². The molecule has 60 valence electrons. The third kappa shape index (κ3) is 2.32. The van der Waals surface area contributed by atoms with Crippen LogP contribution in [0.4, 0.5) is 0 Å². The summed E-state index contributed by atoms with van der Waals surface area (Å²) in [6.07, 6.45) is 0. The van der Waals surface area contributed by atoms with Crippen LogP contribution in [0.25, 0.3) is 0 Å². The largest absolute Gasteiger partial charge is 0.324 e. The number of rotatable bonds is 1. The Kier molecular flexibility index (Phi) is 3.16. The minimum atomic E-state index is 0.0561. The molecule has 0 aliphatic carbocycles. The fourth-order valence-electron chi connectivity index (χ4n) is 0.864. The quantitative estimate of drug-likeness (QED) is 0.787. The van der Waals surface area contributed by atoms with Crippen molar-refractivity contribution in [2.24, 2.45) is 5.73 Å². The van der Waals surface area contributed by atoms with Crippen LogP contribution in [0.5, 0.6) is 0 Å². The summed E-state index contributed by atoms with van der Waals surface area (Å²) in [6.45, 7) is 1.95. The Morgan fingerprint density at radius 2 is 2.18 bits per heavy atom. The van der Waals surface area contributed by atoms with Gasteiger partial charge in [0.2, 0.25) is 0 Å². The van der Waals surface area contributed by atoms with E-state index in [0.717, 1.165) is 10.6 Å². The van der Waals surface area contributed by atoms with Crippen LogP contribution in [0.1, 0.15) is 18.5 Å². The molecule has 1 atom stereocenters. The highest BCUT2D eigenvalue weighted by Gasteiger charge is 2.04. The zero-order chi connectivity index (χ0) is 8.43. The first-order valence-electron chi connectivity index (χ1n) is 3.32. The molecule has 11 heavy (non-hydrogen) atoms. The van der Waals surface area contributed by atoms with Crippen molar-refractivity contribution < 1.29 is 0 Å². The van der Waals surface area contributed by atoms with Crippen molar-refractivity contribution in [3.05, 3.63) is 32.4 Å². The van der Waals surface area contributed by atoms with Crippen molar-refractivity contribution in [1.82, 2.24) is 0 Å². The van der Waals surface area contributed by atoms with Crippen molar-refractivity contribution >= 4 is 34.2 Å². The van der Waals surface area contributed by atoms with E-state index >= 15 is 0 Å². The summed E-state index contributed by atoms with van der Waals surface area (Å²) in [6, 6.07) is 5.81.